The molecule has 1 aliphatic heterocycles. The largest absolute Gasteiger partial charge is 0.352 e. The summed E-state index contributed by atoms with van der Waals surface area (Å²) >= 11 is 0. The molecule has 4 nitrogen and oxygen atoms in total. The molecule has 2 atom stereocenters. The van der Waals surface area contributed by atoms with Gasteiger partial charge in [0, 0.05) is 24.0 Å². The molecule has 0 radical (unpaired) electrons. The van der Waals surface area contributed by atoms with E-state index in [-0.39, 0.29) is 11.9 Å². The molecule has 1 amide bonds. The van der Waals surface area contributed by atoms with Crippen LogP contribution in [0.25, 0.3) is 0 Å². The number of nitrogens with one attached hydrogen (secondary N) is 2. The summed E-state index contributed by atoms with van der Waals surface area (Å²) in [5.41, 5.74) is 1.94. The molecule has 1 fully saturated rings. The standard InChI is InChI=1S/C15H23N3O/c1-11-6-7-13(10-17-11)9-15(19)18-12(2)14-5-3-4-8-16-14/h6-7,10,12,14,16H,3-5,8-9H2,1-2H3,(H,18,19). The summed E-state index contributed by atoms with van der Waals surface area (Å²) in [6.07, 6.45) is 5.82. The minimum Gasteiger partial charge on any atom is -0.352 e. The summed E-state index contributed by atoms with van der Waals surface area (Å²) in [5.74, 6) is 0.0746. The normalized spacial score (nSPS) is 20.8. The molecule has 0 aliphatic carbocycles. The molecule has 0 bridgehead atoms. The van der Waals surface area contributed by atoms with Crippen molar-refractivity contribution in [2.45, 2.75) is 51.6 Å². The van der Waals surface area contributed by atoms with Gasteiger partial charge in [-0.1, -0.05) is 12.5 Å². The van der Waals surface area contributed by atoms with Crippen LogP contribution < -0.4 is 10.6 Å². The van der Waals surface area contributed by atoms with Crippen molar-refractivity contribution in [3.63, 3.8) is 0 Å². The fourth-order valence-electron chi connectivity index (χ4n) is 2.50. The lowest BCUT2D eigenvalue weighted by atomic mass is 9.99. The van der Waals surface area contributed by atoms with Crippen molar-refractivity contribution < 1.29 is 4.79 Å². The van der Waals surface area contributed by atoms with E-state index in [2.05, 4.69) is 22.5 Å². The third-order valence-corrected chi connectivity index (χ3v) is 3.68. The average Bonchev–Trinajstić information content (AvgIpc) is 2.42. The summed E-state index contributed by atoms with van der Waals surface area (Å²) in [5, 5.41) is 6.55. The van der Waals surface area contributed by atoms with E-state index in [1.807, 2.05) is 19.1 Å². The molecular weight excluding hydrogens is 238 g/mol. The molecule has 0 saturated carbocycles. The minimum absolute atomic E-state index is 0.0746. The van der Waals surface area contributed by atoms with Gasteiger partial charge in [0.15, 0.2) is 0 Å². The Morgan fingerprint density at radius 1 is 1.53 bits per heavy atom. The van der Waals surface area contributed by atoms with Crippen LogP contribution in [0.1, 0.15) is 37.4 Å². The molecule has 1 aromatic rings. The number of carbonyl (C=O) groups is 1. The second-order valence-corrected chi connectivity index (χ2v) is 5.40. The molecule has 1 aliphatic rings. The maximum atomic E-state index is 12.0. The van der Waals surface area contributed by atoms with Gasteiger partial charge in [-0.25, -0.2) is 0 Å². The summed E-state index contributed by atoms with van der Waals surface area (Å²) in [4.78, 5) is 16.2. The molecule has 0 aromatic carbocycles. The Balaban J connectivity index is 1.81. The summed E-state index contributed by atoms with van der Waals surface area (Å²) < 4.78 is 0. The van der Waals surface area contributed by atoms with Crippen LogP contribution >= 0.6 is 0 Å². The number of nitrogens with zero attached hydrogens (tertiary/aromatic N) is 1. The highest BCUT2D eigenvalue weighted by molar-refractivity contribution is 5.78. The number of hydrogen-bond donors (Lipinski definition) is 2. The summed E-state index contributed by atoms with van der Waals surface area (Å²) in [6, 6.07) is 4.50. The van der Waals surface area contributed by atoms with Gasteiger partial charge >= 0.3 is 0 Å². The SMILES string of the molecule is Cc1ccc(CC(=O)NC(C)C2CCCCN2)cn1. The Morgan fingerprint density at radius 2 is 2.37 bits per heavy atom. The van der Waals surface area contributed by atoms with Crippen LogP contribution in [0.5, 0.6) is 0 Å². The van der Waals surface area contributed by atoms with E-state index in [1.165, 1.54) is 12.8 Å². The van der Waals surface area contributed by atoms with Crippen LogP contribution in [-0.2, 0) is 11.2 Å². The molecule has 2 rings (SSSR count). The van der Waals surface area contributed by atoms with E-state index in [9.17, 15) is 4.79 Å². The number of hydrogen-bond acceptors (Lipinski definition) is 3. The first-order chi connectivity index (χ1) is 9.15. The highest BCUT2D eigenvalue weighted by Gasteiger charge is 2.20. The van der Waals surface area contributed by atoms with E-state index in [0.717, 1.165) is 24.2 Å². The lowest BCUT2D eigenvalue weighted by molar-refractivity contribution is -0.121. The number of rotatable bonds is 4. The summed E-state index contributed by atoms with van der Waals surface area (Å²) in [7, 11) is 0. The zero-order valence-corrected chi connectivity index (χ0v) is 11.8. The number of aromatic nitrogens is 1. The zero-order valence-electron chi connectivity index (χ0n) is 11.8. The number of amides is 1. The van der Waals surface area contributed by atoms with Crippen LogP contribution in [0.2, 0.25) is 0 Å². The van der Waals surface area contributed by atoms with Gasteiger partial charge in [0.2, 0.25) is 5.91 Å². The van der Waals surface area contributed by atoms with Crippen molar-refractivity contribution in [3.8, 4) is 0 Å². The highest BCUT2D eigenvalue weighted by Crippen LogP contribution is 2.10. The van der Waals surface area contributed by atoms with E-state index in [4.69, 9.17) is 0 Å². The van der Waals surface area contributed by atoms with Crippen molar-refractivity contribution >= 4 is 5.91 Å². The van der Waals surface area contributed by atoms with Gasteiger partial charge in [0.05, 0.1) is 6.42 Å². The van der Waals surface area contributed by atoms with Crippen LogP contribution in [0.3, 0.4) is 0 Å². The van der Waals surface area contributed by atoms with E-state index < -0.39 is 0 Å². The predicted molar refractivity (Wildman–Crippen MR) is 75.9 cm³/mol. The Hall–Kier alpha value is -1.42. The van der Waals surface area contributed by atoms with Gasteiger partial charge in [-0.15, -0.1) is 0 Å². The molecular formula is C15H23N3O. The van der Waals surface area contributed by atoms with Crippen molar-refractivity contribution in [3.05, 3.63) is 29.6 Å². The second-order valence-electron chi connectivity index (χ2n) is 5.40. The average molecular weight is 261 g/mol. The molecule has 1 aromatic heterocycles. The maximum Gasteiger partial charge on any atom is 0.224 e. The Morgan fingerprint density at radius 3 is 3.00 bits per heavy atom. The monoisotopic (exact) mass is 261 g/mol. The number of aryl methyl sites for hydroxylation is 1. The van der Waals surface area contributed by atoms with Crippen molar-refractivity contribution in [1.29, 1.82) is 0 Å². The lowest BCUT2D eigenvalue weighted by Crippen LogP contribution is -2.50. The van der Waals surface area contributed by atoms with Gasteiger partial charge in [0.25, 0.3) is 0 Å². The highest BCUT2D eigenvalue weighted by atomic mass is 16.1. The third-order valence-electron chi connectivity index (χ3n) is 3.68. The number of pyridine rings is 1. The predicted octanol–water partition coefficient (Wildman–Crippen LogP) is 1.58. The maximum absolute atomic E-state index is 12.0. The van der Waals surface area contributed by atoms with Gasteiger partial charge in [-0.3, -0.25) is 9.78 Å². The number of piperidine rings is 1. The second kappa shape index (κ2) is 6.66. The first kappa shape index (κ1) is 14.0. The van der Waals surface area contributed by atoms with Crippen LogP contribution in [0.15, 0.2) is 18.3 Å². The molecule has 2 unspecified atom stereocenters. The Kier molecular flexibility index (Phi) is 4.91. The first-order valence-electron chi connectivity index (χ1n) is 7.09. The van der Waals surface area contributed by atoms with Gasteiger partial charge in [0.1, 0.15) is 0 Å². The molecule has 2 N–H and O–H groups in total. The number of carbonyl (C=O) groups excluding carboxylic acids is 1. The zero-order chi connectivity index (χ0) is 13.7. The minimum atomic E-state index is 0.0746. The molecule has 2 heterocycles. The van der Waals surface area contributed by atoms with Crippen molar-refractivity contribution in [2.24, 2.45) is 0 Å². The molecule has 104 valence electrons. The smallest absolute Gasteiger partial charge is 0.224 e. The van der Waals surface area contributed by atoms with Crippen LogP contribution in [0, 0.1) is 6.92 Å². The lowest BCUT2D eigenvalue weighted by Gasteiger charge is -2.29. The first-order valence-corrected chi connectivity index (χ1v) is 7.09. The third kappa shape index (κ3) is 4.31. The molecule has 1 saturated heterocycles. The molecule has 4 heteroatoms. The van der Waals surface area contributed by atoms with Crippen molar-refractivity contribution in [2.75, 3.05) is 6.54 Å². The van der Waals surface area contributed by atoms with Gasteiger partial charge < -0.3 is 10.6 Å². The quantitative estimate of drug-likeness (QED) is 0.865. The van der Waals surface area contributed by atoms with Gasteiger partial charge in [-0.05, 0) is 44.9 Å². The van der Waals surface area contributed by atoms with E-state index in [0.29, 0.717) is 12.5 Å². The van der Waals surface area contributed by atoms with E-state index in [1.54, 1.807) is 6.20 Å². The fraction of sp³-hybridized carbons (Fsp3) is 0.600. The van der Waals surface area contributed by atoms with Crippen molar-refractivity contribution in [1.82, 2.24) is 15.6 Å². The fourth-order valence-corrected chi connectivity index (χ4v) is 2.50. The van der Waals surface area contributed by atoms with Gasteiger partial charge in [-0.2, -0.15) is 0 Å². The Labute approximate surface area is 115 Å². The Bertz CT molecular complexity index is 410. The topological polar surface area (TPSA) is 54.0 Å². The molecule has 0 spiro atoms. The van der Waals surface area contributed by atoms with Crippen LogP contribution in [-0.4, -0.2) is 29.5 Å². The van der Waals surface area contributed by atoms with Crippen LogP contribution in [0.4, 0.5) is 0 Å². The summed E-state index contributed by atoms with van der Waals surface area (Å²) in [6.45, 7) is 5.09. The molecule has 19 heavy (non-hydrogen) atoms. The van der Waals surface area contributed by atoms with E-state index >= 15 is 0 Å².